The Labute approximate surface area is 137 Å². The van der Waals surface area contributed by atoms with E-state index in [0.717, 1.165) is 30.5 Å². The molecule has 0 saturated carbocycles. The Morgan fingerprint density at radius 1 is 1.43 bits per heavy atom. The normalized spacial score (nSPS) is 18.4. The van der Waals surface area contributed by atoms with Gasteiger partial charge in [0.1, 0.15) is 6.54 Å². The zero-order valence-electron chi connectivity index (χ0n) is 13.0. The standard InChI is InChI=1S/C15H19N3O4S/c1-2-22-13(20)7-16-12(19)6-9-8-23-15-17-11-5-3-4-10(11)14(21)18(9)15/h9H,2-8H2,1H3,(H,16,19). The van der Waals surface area contributed by atoms with E-state index in [1.807, 2.05) is 0 Å². The third kappa shape index (κ3) is 3.26. The topological polar surface area (TPSA) is 90.3 Å². The van der Waals surface area contributed by atoms with E-state index < -0.39 is 5.97 Å². The number of ether oxygens (including phenoxy) is 1. The van der Waals surface area contributed by atoms with Gasteiger partial charge in [-0.25, -0.2) is 4.98 Å². The molecule has 1 N–H and O–H groups in total. The van der Waals surface area contributed by atoms with Crippen LogP contribution in [0.3, 0.4) is 0 Å². The van der Waals surface area contributed by atoms with Crippen LogP contribution >= 0.6 is 11.8 Å². The van der Waals surface area contributed by atoms with Gasteiger partial charge in [0, 0.05) is 17.7 Å². The highest BCUT2D eigenvalue weighted by Crippen LogP contribution is 2.33. The van der Waals surface area contributed by atoms with Gasteiger partial charge in [0.25, 0.3) is 5.56 Å². The van der Waals surface area contributed by atoms with Gasteiger partial charge in [-0.1, -0.05) is 11.8 Å². The number of aromatic nitrogens is 2. The van der Waals surface area contributed by atoms with Gasteiger partial charge in [-0.15, -0.1) is 0 Å². The molecule has 23 heavy (non-hydrogen) atoms. The van der Waals surface area contributed by atoms with Crippen molar-refractivity contribution in [3.8, 4) is 0 Å². The van der Waals surface area contributed by atoms with E-state index in [1.54, 1.807) is 11.5 Å². The highest BCUT2D eigenvalue weighted by molar-refractivity contribution is 7.99. The van der Waals surface area contributed by atoms with Gasteiger partial charge in [0.2, 0.25) is 5.91 Å². The Balaban J connectivity index is 1.67. The van der Waals surface area contributed by atoms with Crippen LogP contribution < -0.4 is 10.9 Å². The molecular formula is C15H19N3O4S. The number of aryl methyl sites for hydroxylation is 1. The molecule has 7 nitrogen and oxygen atoms in total. The quantitative estimate of drug-likeness (QED) is 0.620. The molecule has 0 bridgehead atoms. The lowest BCUT2D eigenvalue weighted by atomic mass is 10.2. The molecule has 124 valence electrons. The Kier molecular flexibility index (Phi) is 4.70. The summed E-state index contributed by atoms with van der Waals surface area (Å²) in [4.78, 5) is 40.4. The van der Waals surface area contributed by atoms with Crippen molar-refractivity contribution in [3.63, 3.8) is 0 Å². The van der Waals surface area contributed by atoms with Crippen molar-refractivity contribution in [1.82, 2.24) is 14.9 Å². The van der Waals surface area contributed by atoms with Gasteiger partial charge in [-0.3, -0.25) is 19.0 Å². The Morgan fingerprint density at radius 3 is 3.04 bits per heavy atom. The average Bonchev–Trinajstić information content (AvgIpc) is 3.13. The lowest BCUT2D eigenvalue weighted by Crippen LogP contribution is -2.34. The Morgan fingerprint density at radius 2 is 2.26 bits per heavy atom. The molecule has 1 amide bonds. The molecule has 1 aromatic rings. The molecule has 2 heterocycles. The SMILES string of the molecule is CCOC(=O)CNC(=O)CC1CSc2nc3c(c(=O)n21)CCC3. The fraction of sp³-hybridized carbons (Fsp3) is 0.600. The van der Waals surface area contributed by atoms with Crippen LogP contribution in [0.2, 0.25) is 0 Å². The Bertz CT molecular complexity index is 701. The first-order valence-electron chi connectivity index (χ1n) is 7.79. The third-order valence-electron chi connectivity index (χ3n) is 4.03. The predicted molar refractivity (Wildman–Crippen MR) is 84.5 cm³/mol. The van der Waals surface area contributed by atoms with Crippen LogP contribution in [-0.2, 0) is 27.2 Å². The van der Waals surface area contributed by atoms with Crippen molar-refractivity contribution in [2.45, 2.75) is 43.8 Å². The van der Waals surface area contributed by atoms with Crippen LogP contribution in [0.1, 0.15) is 37.1 Å². The number of rotatable bonds is 5. The van der Waals surface area contributed by atoms with Crippen LogP contribution in [-0.4, -0.2) is 40.3 Å². The molecule has 8 heteroatoms. The Hall–Kier alpha value is -1.83. The fourth-order valence-electron chi connectivity index (χ4n) is 2.97. The number of nitrogens with zero attached hydrogens (tertiary/aromatic N) is 2. The maximum Gasteiger partial charge on any atom is 0.325 e. The lowest BCUT2D eigenvalue weighted by molar-refractivity contribution is -0.143. The summed E-state index contributed by atoms with van der Waals surface area (Å²) >= 11 is 1.51. The number of carbonyl (C=O) groups excluding carboxylic acids is 2. The van der Waals surface area contributed by atoms with Crippen molar-refractivity contribution in [1.29, 1.82) is 0 Å². The molecule has 0 spiro atoms. The van der Waals surface area contributed by atoms with Gasteiger partial charge in [-0.2, -0.15) is 0 Å². The number of hydrogen-bond donors (Lipinski definition) is 1. The van der Waals surface area contributed by atoms with Crippen LogP contribution in [0.25, 0.3) is 0 Å². The zero-order valence-corrected chi connectivity index (χ0v) is 13.8. The van der Waals surface area contributed by atoms with Crippen molar-refractivity contribution in [3.05, 3.63) is 21.6 Å². The number of carbonyl (C=O) groups is 2. The number of esters is 1. The van der Waals surface area contributed by atoms with E-state index in [2.05, 4.69) is 10.3 Å². The second kappa shape index (κ2) is 6.74. The highest BCUT2D eigenvalue weighted by Gasteiger charge is 2.31. The maximum absolute atomic E-state index is 12.6. The molecule has 1 atom stereocenters. The average molecular weight is 337 g/mol. The van der Waals surface area contributed by atoms with Crippen molar-refractivity contribution in [2.75, 3.05) is 18.9 Å². The van der Waals surface area contributed by atoms with Crippen LogP contribution in [0.4, 0.5) is 0 Å². The molecule has 1 unspecified atom stereocenters. The summed E-state index contributed by atoms with van der Waals surface area (Å²) < 4.78 is 6.42. The number of fused-ring (bicyclic) bond motifs is 2. The fourth-order valence-corrected chi connectivity index (χ4v) is 4.13. The first-order valence-corrected chi connectivity index (χ1v) is 8.78. The molecule has 1 aliphatic carbocycles. The highest BCUT2D eigenvalue weighted by atomic mass is 32.2. The summed E-state index contributed by atoms with van der Waals surface area (Å²) in [6.07, 6.45) is 2.77. The van der Waals surface area contributed by atoms with Crippen molar-refractivity contribution < 1.29 is 14.3 Å². The van der Waals surface area contributed by atoms with E-state index in [9.17, 15) is 14.4 Å². The smallest absolute Gasteiger partial charge is 0.325 e. The summed E-state index contributed by atoms with van der Waals surface area (Å²) in [5, 5.41) is 3.25. The number of thioether (sulfide) groups is 1. The molecule has 2 aliphatic rings. The van der Waals surface area contributed by atoms with Gasteiger partial charge < -0.3 is 10.1 Å². The number of amides is 1. The summed E-state index contributed by atoms with van der Waals surface area (Å²) in [6.45, 7) is 1.86. The van der Waals surface area contributed by atoms with E-state index in [0.29, 0.717) is 10.9 Å². The minimum atomic E-state index is -0.460. The van der Waals surface area contributed by atoms with E-state index >= 15 is 0 Å². The van der Waals surface area contributed by atoms with E-state index in [1.165, 1.54) is 11.8 Å². The summed E-state index contributed by atoms with van der Waals surface area (Å²) in [5.41, 5.74) is 1.71. The summed E-state index contributed by atoms with van der Waals surface area (Å²) in [7, 11) is 0. The molecular weight excluding hydrogens is 318 g/mol. The zero-order chi connectivity index (χ0) is 16.4. The summed E-state index contributed by atoms with van der Waals surface area (Å²) in [5.74, 6) is -0.0691. The monoisotopic (exact) mass is 337 g/mol. The number of hydrogen-bond acceptors (Lipinski definition) is 6. The van der Waals surface area contributed by atoms with Crippen molar-refractivity contribution >= 4 is 23.6 Å². The van der Waals surface area contributed by atoms with Crippen LogP contribution in [0, 0.1) is 0 Å². The van der Waals surface area contributed by atoms with Gasteiger partial charge >= 0.3 is 5.97 Å². The van der Waals surface area contributed by atoms with Gasteiger partial charge in [0.05, 0.1) is 18.3 Å². The minimum Gasteiger partial charge on any atom is -0.465 e. The second-order valence-corrected chi connectivity index (χ2v) is 6.59. The first kappa shape index (κ1) is 16.0. The van der Waals surface area contributed by atoms with E-state index in [4.69, 9.17) is 4.74 Å². The first-order chi connectivity index (χ1) is 11.1. The molecule has 1 aliphatic heterocycles. The maximum atomic E-state index is 12.6. The van der Waals surface area contributed by atoms with E-state index in [-0.39, 0.29) is 37.1 Å². The van der Waals surface area contributed by atoms with Crippen LogP contribution in [0.15, 0.2) is 9.95 Å². The van der Waals surface area contributed by atoms with Crippen LogP contribution in [0.5, 0.6) is 0 Å². The molecule has 0 radical (unpaired) electrons. The third-order valence-corrected chi connectivity index (χ3v) is 5.13. The number of nitrogens with one attached hydrogen (secondary N) is 1. The minimum absolute atomic E-state index is 0.00399. The molecule has 0 fully saturated rings. The predicted octanol–water partition coefficient (Wildman–Crippen LogP) is 0.448. The summed E-state index contributed by atoms with van der Waals surface area (Å²) in [6, 6.07) is -0.205. The molecule has 3 rings (SSSR count). The van der Waals surface area contributed by atoms with Gasteiger partial charge in [0.15, 0.2) is 5.16 Å². The van der Waals surface area contributed by atoms with Crippen molar-refractivity contribution in [2.24, 2.45) is 0 Å². The van der Waals surface area contributed by atoms with Gasteiger partial charge in [-0.05, 0) is 26.2 Å². The molecule has 0 aromatic carbocycles. The molecule has 0 saturated heterocycles. The lowest BCUT2D eigenvalue weighted by Gasteiger charge is -2.14. The molecule has 1 aromatic heterocycles. The second-order valence-electron chi connectivity index (χ2n) is 5.60. The largest absolute Gasteiger partial charge is 0.465 e.